The van der Waals surface area contributed by atoms with E-state index in [1.54, 1.807) is 0 Å². The second-order valence-corrected chi connectivity index (χ2v) is 6.25. The van der Waals surface area contributed by atoms with Crippen LogP contribution >= 0.6 is 21.2 Å². The molecule has 0 bridgehead atoms. The maximum atomic E-state index is 10.7. The summed E-state index contributed by atoms with van der Waals surface area (Å²) in [5.74, 6) is 0. The molecule has 1 heterocycles. The van der Waals surface area contributed by atoms with Crippen molar-refractivity contribution >= 4 is 28.2 Å². The van der Waals surface area contributed by atoms with Crippen molar-refractivity contribution in [3.05, 3.63) is 18.6 Å². The van der Waals surface area contributed by atoms with Crippen LogP contribution in [0, 0.1) is 0 Å². The van der Waals surface area contributed by atoms with Crippen LogP contribution in [0.5, 0.6) is 0 Å². The molecule has 0 saturated carbocycles. The highest BCUT2D eigenvalue weighted by molar-refractivity contribution is 14.2. The topological polar surface area (TPSA) is 59.9 Å². The number of hydrogen-bond acceptors (Lipinski definition) is 4. The lowest BCUT2D eigenvalue weighted by atomic mass is 10.8. The number of rotatable bonds is 1. The van der Waals surface area contributed by atoms with Gasteiger partial charge in [0.15, 0.2) is 5.03 Å². The normalized spacial score (nSPS) is 11.3. The quantitative estimate of drug-likeness (QED) is 0.554. The van der Waals surface area contributed by atoms with Gasteiger partial charge in [-0.15, -0.1) is 0 Å². The van der Waals surface area contributed by atoms with Gasteiger partial charge in [0.2, 0.25) is 7.01 Å². The van der Waals surface area contributed by atoms with E-state index >= 15 is 0 Å². The molecule has 6 heteroatoms. The largest absolute Gasteiger partial charge is 0.260 e. The Morgan fingerprint density at radius 1 is 1.40 bits per heavy atom. The minimum atomic E-state index is -3.21. The standard InChI is InChI=1S/C4H3IN2O2S/c5-10(8,9)4-3-6-1-2-7-4/h1-3H. The summed E-state index contributed by atoms with van der Waals surface area (Å²) < 4.78 is 21.4. The van der Waals surface area contributed by atoms with Crippen molar-refractivity contribution in [2.45, 2.75) is 5.03 Å². The van der Waals surface area contributed by atoms with E-state index in [0.29, 0.717) is 0 Å². The minimum Gasteiger partial charge on any atom is -0.260 e. The molecule has 0 unspecified atom stereocenters. The summed E-state index contributed by atoms with van der Waals surface area (Å²) in [6.45, 7) is 0. The smallest absolute Gasteiger partial charge is 0.249 e. The Labute approximate surface area is 70.2 Å². The Morgan fingerprint density at radius 3 is 2.40 bits per heavy atom. The molecule has 0 aliphatic rings. The second-order valence-electron chi connectivity index (χ2n) is 1.48. The van der Waals surface area contributed by atoms with E-state index in [0.717, 1.165) is 0 Å². The molecule has 0 amide bonds. The second kappa shape index (κ2) is 2.79. The molecule has 0 aromatic carbocycles. The lowest BCUT2D eigenvalue weighted by Crippen LogP contribution is -1.93. The Balaban J connectivity index is 3.22. The maximum absolute atomic E-state index is 10.7. The van der Waals surface area contributed by atoms with Crippen LogP contribution in [-0.4, -0.2) is 18.4 Å². The molecule has 0 N–H and O–H groups in total. The zero-order valence-corrected chi connectivity index (χ0v) is 7.70. The Bertz CT molecular complexity index is 309. The van der Waals surface area contributed by atoms with Crippen molar-refractivity contribution in [2.75, 3.05) is 0 Å². The molecular weight excluding hydrogens is 267 g/mol. The van der Waals surface area contributed by atoms with Crippen LogP contribution in [0.4, 0.5) is 0 Å². The molecule has 0 aliphatic carbocycles. The predicted molar refractivity (Wildman–Crippen MR) is 43.2 cm³/mol. The molecule has 0 radical (unpaired) electrons. The molecular formula is C4H3IN2O2S. The summed E-state index contributed by atoms with van der Waals surface area (Å²) in [5, 5.41) is -0.00407. The van der Waals surface area contributed by atoms with Crippen LogP contribution in [0.1, 0.15) is 0 Å². The van der Waals surface area contributed by atoms with E-state index in [-0.39, 0.29) is 5.03 Å². The van der Waals surface area contributed by atoms with Crippen molar-refractivity contribution in [3.63, 3.8) is 0 Å². The summed E-state index contributed by atoms with van der Waals surface area (Å²) in [6, 6.07) is 0. The predicted octanol–water partition coefficient (Wildman–Crippen LogP) is 0.600. The monoisotopic (exact) mass is 270 g/mol. The van der Waals surface area contributed by atoms with Gasteiger partial charge in [-0.25, -0.2) is 13.4 Å². The van der Waals surface area contributed by atoms with Gasteiger partial charge >= 0.3 is 0 Å². The summed E-state index contributed by atoms with van der Waals surface area (Å²) in [7, 11) is -3.21. The van der Waals surface area contributed by atoms with E-state index in [1.165, 1.54) is 39.8 Å². The Kier molecular flexibility index (Phi) is 2.19. The minimum absolute atomic E-state index is 0.00407. The molecule has 1 aromatic heterocycles. The zero-order chi connectivity index (χ0) is 7.61. The molecule has 4 nitrogen and oxygen atoms in total. The van der Waals surface area contributed by atoms with Crippen molar-refractivity contribution < 1.29 is 8.42 Å². The van der Waals surface area contributed by atoms with E-state index in [4.69, 9.17) is 0 Å². The molecule has 1 rings (SSSR count). The average molecular weight is 270 g/mol. The van der Waals surface area contributed by atoms with Crippen molar-refractivity contribution in [3.8, 4) is 0 Å². The summed E-state index contributed by atoms with van der Waals surface area (Å²) in [6.07, 6.45) is 3.97. The lowest BCUT2D eigenvalue weighted by molar-refractivity contribution is 0.608. The van der Waals surface area contributed by atoms with Gasteiger partial charge in [0.05, 0.1) is 27.4 Å². The van der Waals surface area contributed by atoms with E-state index in [9.17, 15) is 8.42 Å². The first-order valence-corrected chi connectivity index (χ1v) is 6.34. The third-order valence-corrected chi connectivity index (χ3v) is 2.85. The molecule has 1 aromatic rings. The van der Waals surface area contributed by atoms with Crippen LogP contribution in [0.25, 0.3) is 0 Å². The maximum Gasteiger partial charge on any atom is 0.249 e. The molecule has 0 fully saturated rings. The van der Waals surface area contributed by atoms with Crippen LogP contribution in [0.2, 0.25) is 0 Å². The fourth-order valence-corrected chi connectivity index (χ4v) is 1.47. The lowest BCUT2D eigenvalue weighted by Gasteiger charge is -1.89. The molecule has 0 saturated heterocycles. The average Bonchev–Trinajstić information content (AvgIpc) is 1.88. The van der Waals surface area contributed by atoms with Gasteiger partial charge in [0, 0.05) is 12.4 Å². The summed E-state index contributed by atoms with van der Waals surface area (Å²) in [5.41, 5.74) is 0. The fourth-order valence-electron chi connectivity index (χ4n) is 0.411. The van der Waals surface area contributed by atoms with E-state index < -0.39 is 7.01 Å². The number of hydrogen-bond donors (Lipinski definition) is 0. The number of aromatic nitrogens is 2. The van der Waals surface area contributed by atoms with Gasteiger partial charge < -0.3 is 0 Å². The van der Waals surface area contributed by atoms with Crippen LogP contribution in [0.15, 0.2) is 23.6 Å². The SMILES string of the molecule is O=S(=O)(I)c1cnccn1. The van der Waals surface area contributed by atoms with Gasteiger partial charge in [0.1, 0.15) is 0 Å². The van der Waals surface area contributed by atoms with E-state index in [1.807, 2.05) is 0 Å². The highest BCUT2D eigenvalue weighted by atomic mass is 127. The van der Waals surface area contributed by atoms with Gasteiger partial charge in [-0.05, 0) is 0 Å². The number of nitrogens with zero attached hydrogens (tertiary/aromatic N) is 2. The van der Waals surface area contributed by atoms with Gasteiger partial charge in [-0.1, -0.05) is 0 Å². The summed E-state index contributed by atoms with van der Waals surface area (Å²) in [4.78, 5) is 7.20. The highest BCUT2D eigenvalue weighted by Gasteiger charge is 2.08. The Morgan fingerprint density at radius 2 is 2.10 bits per heavy atom. The first-order chi connectivity index (χ1) is 4.61. The first-order valence-electron chi connectivity index (χ1n) is 2.31. The number of halogens is 1. The van der Waals surface area contributed by atoms with Crippen LogP contribution in [-0.2, 0) is 7.01 Å². The van der Waals surface area contributed by atoms with Gasteiger partial charge in [-0.3, -0.25) is 4.98 Å². The molecule has 0 aliphatic heterocycles. The van der Waals surface area contributed by atoms with Crippen molar-refractivity contribution in [1.82, 2.24) is 9.97 Å². The van der Waals surface area contributed by atoms with Crippen molar-refractivity contribution in [1.29, 1.82) is 0 Å². The molecule has 0 atom stereocenters. The first kappa shape index (κ1) is 7.86. The fraction of sp³-hybridized carbons (Fsp3) is 0. The molecule has 0 spiro atoms. The van der Waals surface area contributed by atoms with Crippen LogP contribution in [0.3, 0.4) is 0 Å². The highest BCUT2D eigenvalue weighted by Crippen LogP contribution is 2.11. The third kappa shape index (κ3) is 1.87. The van der Waals surface area contributed by atoms with E-state index in [2.05, 4.69) is 9.97 Å². The third-order valence-electron chi connectivity index (χ3n) is 0.789. The zero-order valence-electron chi connectivity index (χ0n) is 4.73. The molecule has 54 valence electrons. The van der Waals surface area contributed by atoms with Crippen LogP contribution < -0.4 is 0 Å². The summed E-state index contributed by atoms with van der Waals surface area (Å²) >= 11 is 1.31. The van der Waals surface area contributed by atoms with Gasteiger partial charge in [0.25, 0.3) is 0 Å². The van der Waals surface area contributed by atoms with Crippen molar-refractivity contribution in [2.24, 2.45) is 0 Å². The molecule has 10 heavy (non-hydrogen) atoms. The van der Waals surface area contributed by atoms with Gasteiger partial charge in [-0.2, -0.15) is 0 Å². The Hall–Kier alpha value is -0.240.